The fourth-order valence-electron chi connectivity index (χ4n) is 5.70. The number of hydrogen-bond acceptors (Lipinski definition) is 11. The van der Waals surface area contributed by atoms with Crippen molar-refractivity contribution < 1.29 is 37.7 Å². The molecular formula is C41H56FN7O7. The van der Waals surface area contributed by atoms with E-state index in [0.29, 0.717) is 55.5 Å². The number of amides is 3. The smallest absolute Gasteiger partial charge is 0.245 e. The summed E-state index contributed by atoms with van der Waals surface area (Å²) >= 11 is 0. The number of nitrogens with one attached hydrogen (secondary N) is 3. The molecule has 304 valence electrons. The van der Waals surface area contributed by atoms with Crippen LogP contribution in [-0.4, -0.2) is 101 Å². The average Bonchev–Trinajstić information content (AvgIpc) is 3.19. The predicted octanol–water partition coefficient (Wildman–Crippen LogP) is 3.00. The summed E-state index contributed by atoms with van der Waals surface area (Å²) in [4.78, 5) is 40.2. The zero-order chi connectivity index (χ0) is 40.9. The van der Waals surface area contributed by atoms with Crippen LogP contribution in [0, 0.1) is 5.82 Å². The summed E-state index contributed by atoms with van der Waals surface area (Å²) in [7, 11) is 3.20. The summed E-state index contributed by atoms with van der Waals surface area (Å²) in [6.07, 6.45) is 3.98. The molecule has 7 N–H and O–H groups in total. The molecule has 15 heteroatoms. The predicted molar refractivity (Wildman–Crippen MR) is 213 cm³/mol. The van der Waals surface area contributed by atoms with Crippen LogP contribution in [0.5, 0.6) is 0 Å². The highest BCUT2D eigenvalue weighted by Gasteiger charge is 2.28. The van der Waals surface area contributed by atoms with Crippen molar-refractivity contribution in [2.45, 2.75) is 38.4 Å². The maximum absolute atomic E-state index is 13.5. The Balaban J connectivity index is 1.41. The highest BCUT2D eigenvalue weighted by Crippen LogP contribution is 2.33. The van der Waals surface area contributed by atoms with E-state index in [9.17, 15) is 18.8 Å². The number of benzene rings is 2. The van der Waals surface area contributed by atoms with Gasteiger partial charge in [0, 0.05) is 50.4 Å². The van der Waals surface area contributed by atoms with Gasteiger partial charge in [0.05, 0.1) is 76.4 Å². The number of nitrogens with zero attached hydrogens (tertiary/aromatic N) is 2. The van der Waals surface area contributed by atoms with Crippen LogP contribution in [0.25, 0.3) is 5.70 Å². The van der Waals surface area contributed by atoms with Gasteiger partial charge in [-0.1, -0.05) is 62.2 Å². The molecule has 1 unspecified atom stereocenters. The fraction of sp³-hybridized carbons (Fsp3) is 0.390. The van der Waals surface area contributed by atoms with E-state index in [1.54, 1.807) is 36.2 Å². The molecular weight excluding hydrogens is 721 g/mol. The number of fused-ring (bicyclic) bond motifs is 1. The van der Waals surface area contributed by atoms with E-state index in [2.05, 4.69) is 35.7 Å². The molecule has 0 spiro atoms. The van der Waals surface area contributed by atoms with Gasteiger partial charge in [-0.15, -0.1) is 0 Å². The van der Waals surface area contributed by atoms with Gasteiger partial charge >= 0.3 is 0 Å². The van der Waals surface area contributed by atoms with Crippen molar-refractivity contribution in [2.75, 3.05) is 67.0 Å². The van der Waals surface area contributed by atoms with Crippen LogP contribution in [0.1, 0.15) is 36.0 Å². The van der Waals surface area contributed by atoms with Gasteiger partial charge in [-0.3, -0.25) is 14.4 Å². The van der Waals surface area contributed by atoms with Crippen molar-refractivity contribution in [3.8, 4) is 0 Å². The molecule has 0 aliphatic carbocycles. The quantitative estimate of drug-likeness (QED) is 0.0568. The highest BCUT2D eigenvalue weighted by atomic mass is 19.1. The number of carbonyl (C=O) groups excluding carboxylic acids is 3. The van der Waals surface area contributed by atoms with E-state index in [4.69, 9.17) is 30.5 Å². The summed E-state index contributed by atoms with van der Waals surface area (Å²) in [5.74, 6) is 5.36. The fourth-order valence-corrected chi connectivity index (χ4v) is 5.70. The molecule has 3 rings (SSSR count). The largest absolute Gasteiger partial charge is 0.396 e. The van der Waals surface area contributed by atoms with Crippen LogP contribution in [0.2, 0.25) is 0 Å². The van der Waals surface area contributed by atoms with Gasteiger partial charge in [-0.2, -0.15) is 0 Å². The van der Waals surface area contributed by atoms with E-state index in [0.717, 1.165) is 22.4 Å². The number of nitrogens with two attached hydrogens (primary N) is 2. The first kappa shape index (κ1) is 45.1. The minimum Gasteiger partial charge on any atom is -0.396 e. The number of ether oxygens (including phenoxy) is 4. The van der Waals surface area contributed by atoms with Crippen molar-refractivity contribution in [1.29, 1.82) is 0 Å². The molecule has 1 aliphatic heterocycles. The van der Waals surface area contributed by atoms with Gasteiger partial charge in [0.15, 0.2) is 0 Å². The Bertz CT molecular complexity index is 1710. The van der Waals surface area contributed by atoms with E-state index in [-0.39, 0.29) is 70.0 Å². The summed E-state index contributed by atoms with van der Waals surface area (Å²) in [5.41, 5.74) is 11.9. The number of rotatable bonds is 25. The average molecular weight is 778 g/mol. The number of methoxy groups -OCH3 is 1. The molecule has 2 aromatic rings. The van der Waals surface area contributed by atoms with Crippen LogP contribution >= 0.6 is 0 Å². The van der Waals surface area contributed by atoms with Gasteiger partial charge in [0.1, 0.15) is 11.9 Å². The number of hydrazine groups is 1. The van der Waals surface area contributed by atoms with Gasteiger partial charge in [-0.05, 0) is 35.8 Å². The van der Waals surface area contributed by atoms with E-state index < -0.39 is 11.9 Å². The molecule has 0 saturated heterocycles. The monoisotopic (exact) mass is 777 g/mol. The molecule has 2 aromatic carbocycles. The second kappa shape index (κ2) is 24.2. The van der Waals surface area contributed by atoms with Crippen LogP contribution in [0.4, 0.5) is 4.39 Å². The lowest BCUT2D eigenvalue weighted by Gasteiger charge is -2.33. The molecule has 0 radical (unpaired) electrons. The third-order valence-corrected chi connectivity index (χ3v) is 8.75. The molecule has 56 heavy (non-hydrogen) atoms. The number of halogens is 1. The van der Waals surface area contributed by atoms with Gasteiger partial charge in [0.25, 0.3) is 0 Å². The summed E-state index contributed by atoms with van der Waals surface area (Å²) in [5, 5.41) is 9.88. The molecule has 1 aliphatic rings. The van der Waals surface area contributed by atoms with Crippen molar-refractivity contribution in [3.63, 3.8) is 0 Å². The summed E-state index contributed by atoms with van der Waals surface area (Å²) in [6.45, 7) is 14.2. The minimum absolute atomic E-state index is 0.0115. The Morgan fingerprint density at radius 3 is 2.25 bits per heavy atom. The Kier molecular flexibility index (Phi) is 19.5. The normalized spacial score (nSPS) is 15.8. The Morgan fingerprint density at radius 2 is 1.61 bits per heavy atom. The van der Waals surface area contributed by atoms with Crippen LogP contribution in [0.15, 0.2) is 103 Å². The van der Waals surface area contributed by atoms with Crippen molar-refractivity contribution >= 4 is 23.4 Å². The van der Waals surface area contributed by atoms with Gasteiger partial charge in [0.2, 0.25) is 17.7 Å². The molecule has 0 fully saturated rings. The van der Waals surface area contributed by atoms with Crippen LogP contribution in [-0.2, 0) is 46.4 Å². The standard InChI is InChI=1S/C41H56FN7O7/c1-6-33-36(7-2)48(38(51)17-12-29(3)45-4)27-31-10-8-9-11-34(31)40(39(33)43)49(44)19-21-55-23-25-56-24-22-54-20-18-37(50)47-35(28-53-5)41(52)46-26-30-13-15-32(42)16-14-30/h6-11,13-16,35,45H,1-3,12,17-28,43-44H2,4-5H3,(H,46,52)(H,47,50)/b36-33-,40-39-. The highest BCUT2D eigenvalue weighted by molar-refractivity contribution is 5.87. The molecule has 0 saturated carbocycles. The molecule has 1 heterocycles. The van der Waals surface area contributed by atoms with Crippen LogP contribution < -0.4 is 27.5 Å². The lowest BCUT2D eigenvalue weighted by atomic mass is 9.95. The van der Waals surface area contributed by atoms with E-state index in [1.165, 1.54) is 24.3 Å². The molecule has 0 aromatic heterocycles. The number of allylic oxidation sites excluding steroid dienone is 3. The molecule has 14 nitrogen and oxygen atoms in total. The van der Waals surface area contributed by atoms with Gasteiger partial charge in [-0.25, -0.2) is 10.2 Å². The van der Waals surface area contributed by atoms with Crippen molar-refractivity contribution in [2.24, 2.45) is 11.6 Å². The van der Waals surface area contributed by atoms with E-state index in [1.807, 2.05) is 24.3 Å². The number of carbonyl (C=O) groups is 3. The maximum Gasteiger partial charge on any atom is 0.245 e. The van der Waals surface area contributed by atoms with E-state index >= 15 is 0 Å². The van der Waals surface area contributed by atoms with Crippen molar-refractivity contribution in [1.82, 2.24) is 25.9 Å². The summed E-state index contributed by atoms with van der Waals surface area (Å²) in [6, 6.07) is 12.5. The summed E-state index contributed by atoms with van der Waals surface area (Å²) < 4.78 is 35.1. The first-order valence-corrected chi connectivity index (χ1v) is 18.3. The first-order valence-electron chi connectivity index (χ1n) is 18.3. The maximum atomic E-state index is 13.5. The third kappa shape index (κ3) is 14.1. The zero-order valence-electron chi connectivity index (χ0n) is 32.4. The first-order chi connectivity index (χ1) is 27.0. The molecule has 0 bridgehead atoms. The molecule has 3 amide bonds. The second-order valence-electron chi connectivity index (χ2n) is 12.7. The third-order valence-electron chi connectivity index (χ3n) is 8.75. The SMILES string of the molecule is C=CC1=C(\C=C)N(C(=O)CCC(=C)NC)Cc2ccccc2/C(N(N)CCOCCOCCOCCC(=O)NC(COC)C(=O)NCc2ccc(F)cc2)=C\1N. The minimum atomic E-state index is -0.890. The number of hydrogen-bond donors (Lipinski definition) is 5. The zero-order valence-corrected chi connectivity index (χ0v) is 32.4. The Labute approximate surface area is 329 Å². The Hall–Kier alpha value is -5.32. The lowest BCUT2D eigenvalue weighted by Crippen LogP contribution is -2.49. The Morgan fingerprint density at radius 1 is 0.946 bits per heavy atom. The van der Waals surface area contributed by atoms with Crippen LogP contribution in [0.3, 0.4) is 0 Å². The second-order valence-corrected chi connectivity index (χ2v) is 12.7. The molecule has 1 atom stereocenters. The van der Waals surface area contributed by atoms with Crippen molar-refractivity contribution in [3.05, 3.63) is 126 Å². The van der Waals surface area contributed by atoms with Gasteiger partial charge < -0.3 is 50.5 Å². The topological polar surface area (TPSA) is 183 Å². The lowest BCUT2D eigenvalue weighted by molar-refractivity contribution is -0.131.